The summed E-state index contributed by atoms with van der Waals surface area (Å²) < 4.78 is 0. The molecule has 0 saturated carbocycles. The maximum atomic E-state index is 12.6. The van der Waals surface area contributed by atoms with Crippen molar-refractivity contribution in [3.8, 4) is 0 Å². The van der Waals surface area contributed by atoms with Gasteiger partial charge in [0.2, 0.25) is 0 Å². The predicted octanol–water partition coefficient (Wildman–Crippen LogP) is 3.69. The van der Waals surface area contributed by atoms with Gasteiger partial charge in [-0.25, -0.2) is 0 Å². The molecule has 0 atom stereocenters. The van der Waals surface area contributed by atoms with Crippen molar-refractivity contribution in [3.05, 3.63) is 29.3 Å². The molecule has 1 aromatic rings. The second-order valence-corrected chi connectivity index (χ2v) is 4.87. The molecule has 0 aliphatic heterocycles. The lowest BCUT2D eigenvalue weighted by molar-refractivity contribution is 0.0756. The van der Waals surface area contributed by atoms with Crippen molar-refractivity contribution >= 4 is 11.6 Å². The van der Waals surface area contributed by atoms with Gasteiger partial charge in [0.05, 0.1) is 5.56 Å². The van der Waals surface area contributed by atoms with Crippen molar-refractivity contribution in [2.45, 2.75) is 40.5 Å². The number of amides is 1. The molecule has 106 valence electrons. The SMILES string of the molecule is CCCN(CCC)C(=O)c1ccc(C)cc1NCC. The molecule has 3 heteroatoms. The number of anilines is 1. The number of aryl methyl sites for hydroxylation is 1. The Hall–Kier alpha value is -1.51. The van der Waals surface area contributed by atoms with Crippen molar-refractivity contribution in [2.24, 2.45) is 0 Å². The lowest BCUT2D eigenvalue weighted by Gasteiger charge is -2.23. The highest BCUT2D eigenvalue weighted by Gasteiger charge is 2.17. The van der Waals surface area contributed by atoms with Gasteiger partial charge >= 0.3 is 0 Å². The van der Waals surface area contributed by atoms with Crippen LogP contribution in [0.4, 0.5) is 5.69 Å². The summed E-state index contributed by atoms with van der Waals surface area (Å²) in [7, 11) is 0. The Morgan fingerprint density at radius 1 is 1.16 bits per heavy atom. The van der Waals surface area contributed by atoms with Gasteiger partial charge in [-0.2, -0.15) is 0 Å². The molecular weight excluding hydrogens is 236 g/mol. The van der Waals surface area contributed by atoms with Crippen molar-refractivity contribution in [1.29, 1.82) is 0 Å². The Morgan fingerprint density at radius 2 is 1.79 bits per heavy atom. The van der Waals surface area contributed by atoms with Gasteiger partial charge in [0.1, 0.15) is 0 Å². The van der Waals surface area contributed by atoms with Gasteiger partial charge in [0, 0.05) is 25.3 Å². The van der Waals surface area contributed by atoms with E-state index in [0.717, 1.165) is 43.7 Å². The van der Waals surface area contributed by atoms with E-state index in [4.69, 9.17) is 0 Å². The third-order valence-corrected chi connectivity index (χ3v) is 3.05. The Kier molecular flexibility index (Phi) is 6.40. The summed E-state index contributed by atoms with van der Waals surface area (Å²) in [5.41, 5.74) is 2.91. The summed E-state index contributed by atoms with van der Waals surface area (Å²) in [6.07, 6.45) is 1.99. The third-order valence-electron chi connectivity index (χ3n) is 3.05. The van der Waals surface area contributed by atoms with E-state index >= 15 is 0 Å². The number of hydrogen-bond donors (Lipinski definition) is 1. The predicted molar refractivity (Wildman–Crippen MR) is 81.8 cm³/mol. The molecule has 1 amide bonds. The molecule has 0 aliphatic carbocycles. The molecule has 0 saturated heterocycles. The van der Waals surface area contributed by atoms with Crippen LogP contribution in [0.5, 0.6) is 0 Å². The lowest BCUT2D eigenvalue weighted by Crippen LogP contribution is -2.33. The van der Waals surface area contributed by atoms with Crippen molar-refractivity contribution < 1.29 is 4.79 Å². The van der Waals surface area contributed by atoms with Crippen LogP contribution >= 0.6 is 0 Å². The van der Waals surface area contributed by atoms with Crippen LogP contribution in [-0.4, -0.2) is 30.4 Å². The van der Waals surface area contributed by atoms with Crippen LogP contribution in [0.3, 0.4) is 0 Å². The van der Waals surface area contributed by atoms with E-state index in [2.05, 4.69) is 19.2 Å². The number of benzene rings is 1. The highest BCUT2D eigenvalue weighted by molar-refractivity contribution is 5.99. The van der Waals surface area contributed by atoms with Crippen LogP contribution in [-0.2, 0) is 0 Å². The first-order valence-corrected chi connectivity index (χ1v) is 7.27. The molecule has 1 N–H and O–H groups in total. The van der Waals surface area contributed by atoms with Crippen LogP contribution < -0.4 is 5.32 Å². The number of hydrogen-bond acceptors (Lipinski definition) is 2. The van der Waals surface area contributed by atoms with Crippen molar-refractivity contribution in [3.63, 3.8) is 0 Å². The first-order valence-electron chi connectivity index (χ1n) is 7.27. The molecule has 3 nitrogen and oxygen atoms in total. The topological polar surface area (TPSA) is 32.3 Å². The zero-order valence-corrected chi connectivity index (χ0v) is 12.6. The van der Waals surface area contributed by atoms with E-state index in [0.29, 0.717) is 0 Å². The van der Waals surface area contributed by atoms with E-state index in [1.165, 1.54) is 5.56 Å². The summed E-state index contributed by atoms with van der Waals surface area (Å²) in [6, 6.07) is 5.99. The molecule has 0 heterocycles. The molecule has 0 aliphatic rings. The number of carbonyl (C=O) groups is 1. The summed E-state index contributed by atoms with van der Waals surface area (Å²) in [5.74, 6) is 0.139. The molecule has 1 aromatic carbocycles. The second kappa shape index (κ2) is 7.82. The fraction of sp³-hybridized carbons (Fsp3) is 0.562. The summed E-state index contributed by atoms with van der Waals surface area (Å²) in [4.78, 5) is 14.6. The molecule has 0 radical (unpaired) electrons. The van der Waals surface area contributed by atoms with Crippen LogP contribution in [0.15, 0.2) is 18.2 Å². The minimum absolute atomic E-state index is 0.139. The largest absolute Gasteiger partial charge is 0.385 e. The second-order valence-electron chi connectivity index (χ2n) is 4.87. The minimum Gasteiger partial charge on any atom is -0.385 e. The molecule has 0 bridgehead atoms. The molecule has 0 aromatic heterocycles. The first kappa shape index (κ1) is 15.5. The minimum atomic E-state index is 0.139. The third kappa shape index (κ3) is 4.27. The summed E-state index contributed by atoms with van der Waals surface area (Å²) >= 11 is 0. The maximum absolute atomic E-state index is 12.6. The molecule has 1 rings (SSSR count). The van der Waals surface area contributed by atoms with E-state index in [1.807, 2.05) is 36.9 Å². The Morgan fingerprint density at radius 3 is 2.32 bits per heavy atom. The van der Waals surface area contributed by atoms with Gasteiger partial charge in [-0.1, -0.05) is 19.9 Å². The van der Waals surface area contributed by atoms with E-state index in [1.54, 1.807) is 0 Å². The van der Waals surface area contributed by atoms with Crippen LogP contribution in [0.1, 0.15) is 49.5 Å². The van der Waals surface area contributed by atoms with Gasteiger partial charge in [0.25, 0.3) is 5.91 Å². The van der Waals surface area contributed by atoms with E-state index in [9.17, 15) is 4.79 Å². The first-order chi connectivity index (χ1) is 9.13. The molecular formula is C16H26N2O. The van der Waals surface area contributed by atoms with Gasteiger partial charge in [-0.05, 0) is 44.4 Å². The number of rotatable bonds is 7. The van der Waals surface area contributed by atoms with E-state index < -0.39 is 0 Å². The fourth-order valence-corrected chi connectivity index (χ4v) is 2.21. The zero-order valence-electron chi connectivity index (χ0n) is 12.6. The fourth-order valence-electron chi connectivity index (χ4n) is 2.21. The summed E-state index contributed by atoms with van der Waals surface area (Å²) in [6.45, 7) is 10.8. The number of carbonyl (C=O) groups excluding carboxylic acids is 1. The average Bonchev–Trinajstić information content (AvgIpc) is 2.38. The molecule has 0 spiro atoms. The van der Waals surface area contributed by atoms with E-state index in [-0.39, 0.29) is 5.91 Å². The number of nitrogens with zero attached hydrogens (tertiary/aromatic N) is 1. The molecule has 0 unspecified atom stereocenters. The average molecular weight is 262 g/mol. The van der Waals surface area contributed by atoms with Gasteiger partial charge in [0.15, 0.2) is 0 Å². The van der Waals surface area contributed by atoms with Crippen molar-refractivity contribution in [2.75, 3.05) is 25.0 Å². The van der Waals surface area contributed by atoms with Gasteiger partial charge < -0.3 is 10.2 Å². The van der Waals surface area contributed by atoms with Gasteiger partial charge in [-0.15, -0.1) is 0 Å². The number of nitrogens with one attached hydrogen (secondary N) is 1. The summed E-state index contributed by atoms with van der Waals surface area (Å²) in [5, 5.41) is 3.29. The quantitative estimate of drug-likeness (QED) is 0.813. The molecule has 0 fully saturated rings. The standard InChI is InChI=1S/C16H26N2O/c1-5-10-18(11-6-2)16(19)14-9-8-13(4)12-15(14)17-7-3/h8-9,12,17H,5-7,10-11H2,1-4H3. The monoisotopic (exact) mass is 262 g/mol. The Bertz CT molecular complexity index is 409. The highest BCUT2D eigenvalue weighted by atomic mass is 16.2. The normalized spacial score (nSPS) is 10.3. The van der Waals surface area contributed by atoms with Gasteiger partial charge in [-0.3, -0.25) is 4.79 Å². The Balaban J connectivity index is 3.01. The molecule has 19 heavy (non-hydrogen) atoms. The van der Waals surface area contributed by atoms with Crippen LogP contribution in [0, 0.1) is 6.92 Å². The van der Waals surface area contributed by atoms with Crippen molar-refractivity contribution in [1.82, 2.24) is 4.90 Å². The zero-order chi connectivity index (χ0) is 14.3. The van der Waals surface area contributed by atoms with Crippen LogP contribution in [0.2, 0.25) is 0 Å². The smallest absolute Gasteiger partial charge is 0.255 e. The lowest BCUT2D eigenvalue weighted by atomic mass is 10.1. The highest BCUT2D eigenvalue weighted by Crippen LogP contribution is 2.19. The maximum Gasteiger partial charge on any atom is 0.255 e. The Labute approximate surface area is 117 Å². The van der Waals surface area contributed by atoms with Crippen LogP contribution in [0.25, 0.3) is 0 Å².